The highest BCUT2D eigenvalue weighted by Crippen LogP contribution is 2.21. The number of benzene rings is 2. The molecule has 0 aliphatic rings. The predicted molar refractivity (Wildman–Crippen MR) is 68.6 cm³/mol. The van der Waals surface area contributed by atoms with E-state index in [0.717, 1.165) is 27.3 Å². The molecule has 4 heteroatoms. The van der Waals surface area contributed by atoms with Crippen LogP contribution in [0.4, 0.5) is 0 Å². The van der Waals surface area contributed by atoms with Crippen LogP contribution in [-0.4, -0.2) is 15.0 Å². The first kappa shape index (κ1) is 10.3. The fourth-order valence-electron chi connectivity index (χ4n) is 1.72. The smallest absolute Gasteiger partial charge is 0.115 e. The van der Waals surface area contributed by atoms with Crippen molar-refractivity contribution in [1.29, 1.82) is 0 Å². The van der Waals surface area contributed by atoms with Gasteiger partial charge >= 0.3 is 0 Å². The molecule has 2 aromatic carbocycles. The van der Waals surface area contributed by atoms with Crippen molar-refractivity contribution in [1.82, 2.24) is 15.0 Å². The van der Waals surface area contributed by atoms with E-state index in [4.69, 9.17) is 11.6 Å². The van der Waals surface area contributed by atoms with Gasteiger partial charge in [0.15, 0.2) is 0 Å². The second kappa shape index (κ2) is 3.86. The van der Waals surface area contributed by atoms with Gasteiger partial charge in [-0.15, -0.1) is 10.2 Å². The Morgan fingerprint density at radius 1 is 1.00 bits per heavy atom. The molecule has 3 rings (SSSR count). The predicted octanol–water partition coefficient (Wildman–Crippen LogP) is 3.38. The number of aryl methyl sites for hydroxylation is 1. The Kier molecular flexibility index (Phi) is 2.34. The first-order valence-electron chi connectivity index (χ1n) is 5.33. The normalized spacial score (nSPS) is 10.9. The summed E-state index contributed by atoms with van der Waals surface area (Å²) in [5.74, 6) is 0. The van der Waals surface area contributed by atoms with Gasteiger partial charge in [-0.25, -0.2) is 0 Å². The number of rotatable bonds is 1. The van der Waals surface area contributed by atoms with Crippen molar-refractivity contribution < 1.29 is 0 Å². The van der Waals surface area contributed by atoms with E-state index in [1.807, 2.05) is 49.4 Å². The van der Waals surface area contributed by atoms with Gasteiger partial charge in [-0.05, 0) is 36.8 Å². The van der Waals surface area contributed by atoms with Crippen LogP contribution in [-0.2, 0) is 0 Å². The zero-order valence-corrected chi connectivity index (χ0v) is 10.0. The number of aromatic nitrogens is 3. The summed E-state index contributed by atoms with van der Waals surface area (Å²) < 4.78 is 0. The fraction of sp³-hybridized carbons (Fsp3) is 0.0769. The maximum absolute atomic E-state index is 6.07. The molecule has 0 unspecified atom stereocenters. The highest BCUT2D eigenvalue weighted by atomic mass is 35.5. The Morgan fingerprint density at radius 3 is 2.35 bits per heavy atom. The third kappa shape index (κ3) is 1.78. The lowest BCUT2D eigenvalue weighted by Crippen LogP contribution is -1.97. The van der Waals surface area contributed by atoms with Crippen molar-refractivity contribution in [2.24, 2.45) is 0 Å². The molecular weight excluding hydrogens is 234 g/mol. The Balaban J connectivity index is 2.21. The van der Waals surface area contributed by atoms with Crippen LogP contribution in [0.25, 0.3) is 16.7 Å². The Hall–Kier alpha value is -1.87. The summed E-state index contributed by atoms with van der Waals surface area (Å²) in [7, 11) is 0. The lowest BCUT2D eigenvalue weighted by molar-refractivity contribution is 0.766. The lowest BCUT2D eigenvalue weighted by atomic mass is 10.2. The number of fused-ring (bicyclic) bond motifs is 1. The van der Waals surface area contributed by atoms with Crippen LogP contribution >= 0.6 is 11.6 Å². The molecule has 3 nitrogen and oxygen atoms in total. The summed E-state index contributed by atoms with van der Waals surface area (Å²) in [4.78, 5) is 1.63. The lowest BCUT2D eigenvalue weighted by Gasteiger charge is -1.96. The van der Waals surface area contributed by atoms with Gasteiger partial charge in [-0.3, -0.25) is 0 Å². The summed E-state index contributed by atoms with van der Waals surface area (Å²) in [5.41, 5.74) is 3.62. The van der Waals surface area contributed by atoms with Gasteiger partial charge in [-0.1, -0.05) is 29.8 Å². The van der Waals surface area contributed by atoms with E-state index in [1.54, 1.807) is 4.80 Å². The van der Waals surface area contributed by atoms with Crippen molar-refractivity contribution >= 4 is 22.6 Å². The molecule has 0 saturated carbocycles. The van der Waals surface area contributed by atoms with Crippen molar-refractivity contribution in [2.75, 3.05) is 0 Å². The highest BCUT2D eigenvalue weighted by Gasteiger charge is 2.06. The zero-order chi connectivity index (χ0) is 11.8. The molecule has 1 heterocycles. The van der Waals surface area contributed by atoms with Crippen LogP contribution < -0.4 is 0 Å². The van der Waals surface area contributed by atoms with Gasteiger partial charge in [0.1, 0.15) is 11.0 Å². The highest BCUT2D eigenvalue weighted by molar-refractivity contribution is 6.32. The van der Waals surface area contributed by atoms with Crippen LogP contribution in [0, 0.1) is 6.92 Å². The molecule has 1 aromatic heterocycles. The van der Waals surface area contributed by atoms with Crippen LogP contribution in [0.15, 0.2) is 42.5 Å². The minimum absolute atomic E-state index is 0.720. The number of hydrogen-bond acceptors (Lipinski definition) is 2. The van der Waals surface area contributed by atoms with Crippen LogP contribution in [0.1, 0.15) is 5.56 Å². The zero-order valence-electron chi connectivity index (χ0n) is 9.26. The van der Waals surface area contributed by atoms with Crippen LogP contribution in [0.3, 0.4) is 0 Å². The van der Waals surface area contributed by atoms with Gasteiger partial charge in [0.05, 0.1) is 5.69 Å². The van der Waals surface area contributed by atoms with Gasteiger partial charge < -0.3 is 0 Å². The Bertz CT molecular complexity index is 635. The van der Waals surface area contributed by atoms with E-state index in [9.17, 15) is 0 Å². The molecule has 0 radical (unpaired) electrons. The molecule has 0 fully saturated rings. The SMILES string of the molecule is Cc1cc2nn(-c3ccccc3)nc2cc1Cl. The summed E-state index contributed by atoms with van der Waals surface area (Å²) in [5, 5.41) is 9.56. The number of hydrogen-bond donors (Lipinski definition) is 0. The first-order valence-corrected chi connectivity index (χ1v) is 5.70. The third-order valence-electron chi connectivity index (χ3n) is 2.65. The minimum atomic E-state index is 0.720. The molecule has 0 aliphatic heterocycles. The monoisotopic (exact) mass is 243 g/mol. The van der Waals surface area contributed by atoms with Crippen molar-refractivity contribution in [3.8, 4) is 5.69 Å². The molecule has 0 amide bonds. The Morgan fingerprint density at radius 2 is 1.65 bits per heavy atom. The maximum Gasteiger partial charge on any atom is 0.115 e. The van der Waals surface area contributed by atoms with E-state index < -0.39 is 0 Å². The quantitative estimate of drug-likeness (QED) is 0.656. The van der Waals surface area contributed by atoms with Gasteiger partial charge in [0, 0.05) is 5.02 Å². The summed E-state index contributed by atoms with van der Waals surface area (Å²) in [6.07, 6.45) is 0. The van der Waals surface area contributed by atoms with E-state index in [0.29, 0.717) is 0 Å². The van der Waals surface area contributed by atoms with Crippen LogP contribution in [0.5, 0.6) is 0 Å². The topological polar surface area (TPSA) is 30.7 Å². The Labute approximate surface area is 104 Å². The van der Waals surface area contributed by atoms with E-state index in [-0.39, 0.29) is 0 Å². The van der Waals surface area contributed by atoms with E-state index in [2.05, 4.69) is 10.2 Å². The summed E-state index contributed by atoms with van der Waals surface area (Å²) in [6, 6.07) is 13.6. The standard InChI is InChI=1S/C13H10ClN3/c1-9-7-12-13(8-11(9)14)16-17(15-12)10-5-3-2-4-6-10/h2-8H,1H3. The van der Waals surface area contributed by atoms with Crippen LogP contribution in [0.2, 0.25) is 5.02 Å². The molecule has 0 aliphatic carbocycles. The molecule has 84 valence electrons. The molecule has 0 spiro atoms. The third-order valence-corrected chi connectivity index (χ3v) is 3.06. The molecular formula is C13H10ClN3. The number of para-hydroxylation sites is 1. The van der Waals surface area contributed by atoms with Crippen molar-refractivity contribution in [3.63, 3.8) is 0 Å². The maximum atomic E-state index is 6.07. The van der Waals surface area contributed by atoms with Crippen molar-refractivity contribution in [3.05, 3.63) is 53.1 Å². The van der Waals surface area contributed by atoms with E-state index in [1.165, 1.54) is 0 Å². The average Bonchev–Trinajstić information content (AvgIpc) is 2.74. The van der Waals surface area contributed by atoms with Gasteiger partial charge in [0.25, 0.3) is 0 Å². The fourth-order valence-corrected chi connectivity index (χ4v) is 1.88. The molecule has 0 saturated heterocycles. The van der Waals surface area contributed by atoms with E-state index >= 15 is 0 Å². The summed E-state index contributed by atoms with van der Waals surface area (Å²) in [6.45, 7) is 1.96. The first-order chi connectivity index (χ1) is 8.24. The van der Waals surface area contributed by atoms with Gasteiger partial charge in [0.2, 0.25) is 0 Å². The van der Waals surface area contributed by atoms with Crippen molar-refractivity contribution in [2.45, 2.75) is 6.92 Å². The average molecular weight is 244 g/mol. The molecule has 3 aromatic rings. The molecule has 17 heavy (non-hydrogen) atoms. The molecule has 0 bridgehead atoms. The second-order valence-electron chi connectivity index (χ2n) is 3.92. The largest absolute Gasteiger partial charge is 0.150 e. The molecule has 0 N–H and O–H groups in total. The minimum Gasteiger partial charge on any atom is -0.150 e. The molecule has 0 atom stereocenters. The summed E-state index contributed by atoms with van der Waals surface area (Å²) >= 11 is 6.07. The number of halogens is 1. The second-order valence-corrected chi connectivity index (χ2v) is 4.32. The number of nitrogens with zero attached hydrogens (tertiary/aromatic N) is 3. The van der Waals surface area contributed by atoms with Gasteiger partial charge in [-0.2, -0.15) is 4.80 Å².